The molecule has 0 aliphatic carbocycles. The average Bonchev–Trinajstić information content (AvgIpc) is 3.34. The lowest BCUT2D eigenvalue weighted by atomic mass is 10.1. The van der Waals surface area contributed by atoms with Gasteiger partial charge in [-0.3, -0.25) is 14.7 Å². The van der Waals surface area contributed by atoms with E-state index in [1.54, 1.807) is 0 Å². The van der Waals surface area contributed by atoms with Gasteiger partial charge in [-0.05, 0) is 35.4 Å². The summed E-state index contributed by atoms with van der Waals surface area (Å²) in [4.78, 5) is 30.8. The second kappa shape index (κ2) is 15.3. The quantitative estimate of drug-likeness (QED) is 0.101. The molecule has 0 spiro atoms. The lowest BCUT2D eigenvalue weighted by Crippen LogP contribution is -2.37. The number of carbonyl (C=O) groups is 3. The second-order valence-electron chi connectivity index (χ2n) is 10.8. The zero-order valence-electron chi connectivity index (χ0n) is 25.2. The highest BCUT2D eigenvalue weighted by Crippen LogP contribution is 2.23. The number of alkyl halides is 6. The van der Waals surface area contributed by atoms with E-state index >= 15 is 0 Å². The highest BCUT2D eigenvalue weighted by atomic mass is 19.4. The van der Waals surface area contributed by atoms with Gasteiger partial charge in [-0.25, -0.2) is 4.79 Å². The highest BCUT2D eigenvalue weighted by Gasteiger charge is 2.38. The van der Waals surface area contributed by atoms with Crippen LogP contribution >= 0.6 is 0 Å². The molecule has 0 aliphatic heterocycles. The van der Waals surface area contributed by atoms with Gasteiger partial charge in [0.25, 0.3) is 5.91 Å². The van der Waals surface area contributed by atoms with Crippen molar-refractivity contribution in [1.82, 2.24) is 14.4 Å². The van der Waals surface area contributed by atoms with Crippen molar-refractivity contribution in [3.63, 3.8) is 0 Å². The zero-order valence-corrected chi connectivity index (χ0v) is 25.2. The molecular weight excluding hydrogens is 636 g/mol. The van der Waals surface area contributed by atoms with Crippen LogP contribution in [-0.4, -0.2) is 66.9 Å². The van der Waals surface area contributed by atoms with E-state index in [-0.39, 0.29) is 11.7 Å². The van der Waals surface area contributed by atoms with Gasteiger partial charge in [-0.2, -0.15) is 26.3 Å². The van der Waals surface area contributed by atoms with E-state index in [0.717, 1.165) is 26.5 Å². The van der Waals surface area contributed by atoms with E-state index in [1.165, 1.54) is 5.69 Å². The van der Waals surface area contributed by atoms with Gasteiger partial charge in [-0.1, -0.05) is 48.5 Å². The summed E-state index contributed by atoms with van der Waals surface area (Å²) in [5.41, 5.74) is 11.3. The molecule has 10 nitrogen and oxygen atoms in total. The molecule has 0 atom stereocenters. The van der Waals surface area contributed by atoms with Crippen molar-refractivity contribution in [2.45, 2.75) is 25.4 Å². The normalized spacial score (nSPS) is 11.4. The molecule has 1 aromatic heterocycles. The number of amides is 1. The third kappa shape index (κ3) is 11.5. The summed E-state index contributed by atoms with van der Waals surface area (Å²) in [6, 6.07) is 23.9. The number of para-hydroxylation sites is 1. The minimum atomic E-state index is -5.19. The van der Waals surface area contributed by atoms with Crippen LogP contribution in [0.15, 0.2) is 79.0 Å². The average molecular weight is 668 g/mol. The molecule has 252 valence electrons. The minimum absolute atomic E-state index is 0.0451. The summed E-state index contributed by atoms with van der Waals surface area (Å²) < 4.78 is 66.1. The van der Waals surface area contributed by atoms with Crippen molar-refractivity contribution in [3.05, 3.63) is 101 Å². The standard InChI is InChI=1S/C27H29N5O.2C2HF3O2/c1-32(2,3)22-13-11-19(12-14-22)16-30-27(33)24-18-31(25-10-5-4-9-23(24)25)17-20-7-6-8-21(15-20)26(28)29;2*3-2(4,5)1(6)7/h4-15,18H,16-17H2,1-3H3,(H3-,28,29,30,33);2*(H,6,7). The van der Waals surface area contributed by atoms with Gasteiger partial charge in [0.05, 0.1) is 26.7 Å². The number of nitrogens with two attached hydrogens (primary N) is 1. The fourth-order valence-electron chi connectivity index (χ4n) is 3.93. The maximum Gasteiger partial charge on any atom is 0.490 e. The lowest BCUT2D eigenvalue weighted by Gasteiger charge is -2.23. The number of nitrogen functional groups attached to an aromatic ring is 1. The molecule has 3 aromatic carbocycles. The Morgan fingerprint density at radius 2 is 1.45 bits per heavy atom. The van der Waals surface area contributed by atoms with Crippen LogP contribution in [-0.2, 0) is 22.7 Å². The molecule has 4 aromatic rings. The maximum absolute atomic E-state index is 13.1. The van der Waals surface area contributed by atoms with E-state index in [4.69, 9.17) is 30.9 Å². The number of carbonyl (C=O) groups excluding carboxylic acids is 2. The van der Waals surface area contributed by atoms with E-state index in [0.29, 0.717) is 24.2 Å². The molecule has 1 amide bonds. The smallest absolute Gasteiger partial charge is 0.490 e. The molecule has 4 rings (SSSR count). The maximum atomic E-state index is 13.1. The minimum Gasteiger partial charge on any atom is -0.542 e. The number of amidine groups is 1. The number of carboxylic acids is 2. The monoisotopic (exact) mass is 667 g/mol. The fraction of sp³-hybridized carbons (Fsp3) is 0.226. The summed E-state index contributed by atoms with van der Waals surface area (Å²) in [7, 11) is 6.38. The summed E-state index contributed by atoms with van der Waals surface area (Å²) in [6.45, 7) is 1.05. The van der Waals surface area contributed by atoms with Gasteiger partial charge >= 0.3 is 18.3 Å². The van der Waals surface area contributed by atoms with Crippen LogP contribution < -0.4 is 20.6 Å². The number of nitrogens with zero attached hydrogens (tertiary/aromatic N) is 2. The Bertz CT molecular complexity index is 1700. The Labute approximate surface area is 264 Å². The number of aromatic nitrogens is 1. The Morgan fingerprint density at radius 1 is 0.894 bits per heavy atom. The van der Waals surface area contributed by atoms with E-state index in [2.05, 4.69) is 55.3 Å². The van der Waals surface area contributed by atoms with Crippen LogP contribution in [0.5, 0.6) is 0 Å². The van der Waals surface area contributed by atoms with Gasteiger partial charge in [-0.15, -0.1) is 0 Å². The second-order valence-corrected chi connectivity index (χ2v) is 10.8. The predicted octanol–water partition coefficient (Wildman–Crippen LogP) is 4.03. The van der Waals surface area contributed by atoms with Crippen LogP contribution in [0.1, 0.15) is 27.0 Å². The Morgan fingerprint density at radius 3 is 1.94 bits per heavy atom. The van der Waals surface area contributed by atoms with Crippen LogP contribution in [0, 0.1) is 5.41 Å². The molecule has 0 unspecified atom stereocenters. The number of nitrogens with one attached hydrogen (secondary N) is 2. The molecule has 0 saturated heterocycles. The molecule has 5 N–H and O–H groups in total. The zero-order chi connectivity index (χ0) is 35.7. The van der Waals surface area contributed by atoms with Crippen molar-refractivity contribution < 1.29 is 50.9 Å². The first-order valence-corrected chi connectivity index (χ1v) is 13.4. The number of rotatable bonds is 7. The Hall–Kier alpha value is -5.38. The number of aliphatic carboxylic acids is 2. The van der Waals surface area contributed by atoms with Crippen molar-refractivity contribution >= 4 is 40.3 Å². The van der Waals surface area contributed by atoms with Crippen LogP contribution in [0.2, 0.25) is 0 Å². The molecule has 0 radical (unpaired) electrons. The van der Waals surface area contributed by atoms with Crippen molar-refractivity contribution in [1.29, 1.82) is 5.41 Å². The highest BCUT2D eigenvalue weighted by molar-refractivity contribution is 6.07. The van der Waals surface area contributed by atoms with Gasteiger partial charge in [0.1, 0.15) is 17.5 Å². The third-order valence-electron chi connectivity index (χ3n) is 6.26. The molecule has 1 heterocycles. The largest absolute Gasteiger partial charge is 0.542 e. The SMILES string of the molecule is C[N+](C)(C)c1ccc(CNC(=O)c2cn(Cc3cccc(C(=N)N)c3)c3ccccc23)cc1.O=C(O)C(F)(F)F.O=C([O-])C(F)(F)F. The number of hydrogen-bond acceptors (Lipinski definition) is 5. The van der Waals surface area contributed by atoms with Gasteiger partial charge in [0, 0.05) is 35.8 Å². The lowest BCUT2D eigenvalue weighted by molar-refractivity contribution is -0.344. The number of fused-ring (bicyclic) bond motifs is 1. The van der Waals surface area contributed by atoms with Crippen molar-refractivity contribution in [2.75, 3.05) is 21.1 Å². The van der Waals surface area contributed by atoms with Crippen LogP contribution in [0.25, 0.3) is 10.9 Å². The fourth-order valence-corrected chi connectivity index (χ4v) is 3.93. The number of carboxylic acid groups (broad SMARTS) is 2. The Balaban J connectivity index is 0.000000459. The summed E-state index contributed by atoms with van der Waals surface area (Å²) in [6.07, 6.45) is -8.37. The van der Waals surface area contributed by atoms with Crippen LogP contribution in [0.4, 0.5) is 32.0 Å². The molecule has 0 saturated carbocycles. The first-order chi connectivity index (χ1) is 21.6. The first kappa shape index (κ1) is 37.8. The topological polar surface area (TPSA) is 161 Å². The summed E-state index contributed by atoms with van der Waals surface area (Å²) in [5, 5.41) is 27.6. The van der Waals surface area contributed by atoms with E-state index in [1.807, 2.05) is 54.7 Å². The van der Waals surface area contributed by atoms with Gasteiger partial charge < -0.3 is 30.6 Å². The third-order valence-corrected chi connectivity index (χ3v) is 6.26. The Kier molecular flexibility index (Phi) is 12.3. The van der Waals surface area contributed by atoms with Crippen molar-refractivity contribution in [3.8, 4) is 0 Å². The summed E-state index contributed by atoms with van der Waals surface area (Å²) >= 11 is 0. The van der Waals surface area contributed by atoms with Gasteiger partial charge in [0.15, 0.2) is 0 Å². The molecule has 0 aliphatic rings. The molecule has 16 heteroatoms. The number of hydrogen-bond donors (Lipinski definition) is 4. The number of quaternary nitrogens is 1. The van der Waals surface area contributed by atoms with E-state index in [9.17, 15) is 31.1 Å². The van der Waals surface area contributed by atoms with Crippen LogP contribution in [0.3, 0.4) is 0 Å². The first-order valence-electron chi connectivity index (χ1n) is 13.4. The molecule has 0 bridgehead atoms. The number of benzene rings is 3. The van der Waals surface area contributed by atoms with Crippen molar-refractivity contribution in [2.24, 2.45) is 5.73 Å². The summed E-state index contributed by atoms with van der Waals surface area (Å²) in [5.74, 6) is -5.82. The number of halogens is 6. The van der Waals surface area contributed by atoms with Gasteiger partial charge in [0.2, 0.25) is 0 Å². The molecule has 0 fully saturated rings. The molecule has 47 heavy (non-hydrogen) atoms. The predicted molar refractivity (Wildman–Crippen MR) is 160 cm³/mol. The van der Waals surface area contributed by atoms with E-state index < -0.39 is 24.3 Å². The molecular formula is C31H31F6N5O5.